The number of aliphatic hydroxyl groups is 1. The van der Waals surface area contributed by atoms with Gasteiger partial charge in [0.1, 0.15) is 69.2 Å². The van der Waals surface area contributed by atoms with Crippen molar-refractivity contribution in [3.8, 4) is 23.3 Å². The first-order valence-corrected chi connectivity index (χ1v) is 10.8. The average molecular weight is 428 g/mol. The van der Waals surface area contributed by atoms with Crippen LogP contribution in [0.5, 0.6) is 17.2 Å². The third-order valence-corrected chi connectivity index (χ3v) is 5.77. The molecule has 0 saturated carbocycles. The molecule has 1 fully saturated rings. The molecule has 7 nitrogen and oxygen atoms in total. The van der Waals surface area contributed by atoms with Crippen LogP contribution >= 0.6 is 0 Å². The molecule has 1 atom stereocenters. The Labute approximate surface area is 184 Å². The molecule has 0 aromatic heterocycles. The highest BCUT2D eigenvalue weighted by molar-refractivity contribution is 5.39. The van der Waals surface area contributed by atoms with Crippen LogP contribution in [0.1, 0.15) is 11.1 Å². The lowest BCUT2D eigenvalue weighted by atomic mass is 10.1. The van der Waals surface area contributed by atoms with E-state index in [0.717, 1.165) is 61.1 Å². The Morgan fingerprint density at radius 1 is 0.968 bits per heavy atom. The highest BCUT2D eigenvalue weighted by Gasteiger charge is 2.26. The highest BCUT2D eigenvalue weighted by Crippen LogP contribution is 2.23. The number of methoxy groups -OCH3 is 2. The van der Waals surface area contributed by atoms with Crippen LogP contribution in [0.2, 0.25) is 0 Å². The first-order chi connectivity index (χ1) is 15.1. The van der Waals surface area contributed by atoms with Crippen LogP contribution in [0.3, 0.4) is 0 Å². The van der Waals surface area contributed by atoms with Crippen molar-refractivity contribution >= 4 is 0 Å². The minimum absolute atomic E-state index is 0.276. The van der Waals surface area contributed by atoms with Crippen LogP contribution in [-0.2, 0) is 13.0 Å². The Hall–Kier alpha value is -2.79. The summed E-state index contributed by atoms with van der Waals surface area (Å²) in [6.45, 7) is 5.98. The summed E-state index contributed by atoms with van der Waals surface area (Å²) < 4.78 is 16.6. The minimum Gasteiger partial charge on any atom is -0.497 e. The van der Waals surface area contributed by atoms with Crippen molar-refractivity contribution in [2.24, 2.45) is 0 Å². The number of ether oxygens (including phenoxy) is 3. The van der Waals surface area contributed by atoms with E-state index in [1.54, 1.807) is 14.2 Å². The van der Waals surface area contributed by atoms with Crippen LogP contribution in [0.4, 0.5) is 0 Å². The van der Waals surface area contributed by atoms with Crippen molar-refractivity contribution in [3.05, 3.63) is 53.6 Å². The maximum absolute atomic E-state index is 10.4. The summed E-state index contributed by atoms with van der Waals surface area (Å²) in [6.07, 6.45) is -0.112. The van der Waals surface area contributed by atoms with Crippen molar-refractivity contribution < 1.29 is 29.1 Å². The van der Waals surface area contributed by atoms with Gasteiger partial charge in [-0.05, 0) is 35.9 Å². The third kappa shape index (κ3) is 6.86. The molecule has 7 heteroatoms. The summed E-state index contributed by atoms with van der Waals surface area (Å²) >= 11 is 0. The molecule has 1 saturated heterocycles. The number of rotatable bonds is 10. The Kier molecular flexibility index (Phi) is 8.53. The molecule has 0 amide bonds. The number of aliphatic hydroxyl groups excluding tert-OH is 1. The predicted molar refractivity (Wildman–Crippen MR) is 117 cm³/mol. The molecule has 0 radical (unpaired) electrons. The van der Waals surface area contributed by atoms with E-state index in [2.05, 4.69) is 12.1 Å². The number of nitrogens with zero attached hydrogens (tertiary/aromatic N) is 1. The molecule has 2 aromatic rings. The molecular weight excluding hydrogens is 394 g/mol. The second kappa shape index (κ2) is 11.6. The largest absolute Gasteiger partial charge is 0.497 e. The molecule has 166 valence electrons. The van der Waals surface area contributed by atoms with Gasteiger partial charge in [-0.2, -0.15) is 5.26 Å². The number of hydrogen-bond acceptors (Lipinski definition) is 5. The maximum Gasteiger partial charge on any atom is 0.137 e. The highest BCUT2D eigenvalue weighted by atomic mass is 16.5. The minimum atomic E-state index is -0.506. The lowest BCUT2D eigenvalue weighted by Crippen LogP contribution is -3.28. The van der Waals surface area contributed by atoms with Gasteiger partial charge in [0, 0.05) is 0 Å². The summed E-state index contributed by atoms with van der Waals surface area (Å²) in [7, 11) is 3.38. The molecule has 0 bridgehead atoms. The Bertz CT molecular complexity index is 858. The molecular formula is C24H33N3O4+2. The smallest absolute Gasteiger partial charge is 0.137 e. The van der Waals surface area contributed by atoms with E-state index >= 15 is 0 Å². The van der Waals surface area contributed by atoms with Crippen molar-refractivity contribution in [3.63, 3.8) is 0 Å². The van der Waals surface area contributed by atoms with Crippen LogP contribution in [0, 0.1) is 11.3 Å². The summed E-state index contributed by atoms with van der Waals surface area (Å²) in [6, 6.07) is 15.5. The fourth-order valence-corrected chi connectivity index (χ4v) is 4.01. The van der Waals surface area contributed by atoms with E-state index in [1.807, 2.05) is 36.4 Å². The fourth-order valence-electron chi connectivity index (χ4n) is 4.01. The molecule has 0 unspecified atom stereocenters. The summed E-state index contributed by atoms with van der Waals surface area (Å²) in [5.41, 5.74) is 2.13. The van der Waals surface area contributed by atoms with Gasteiger partial charge in [-0.1, -0.05) is 12.1 Å². The van der Waals surface area contributed by atoms with Crippen molar-refractivity contribution in [2.45, 2.75) is 19.1 Å². The number of benzene rings is 2. The number of quaternary nitrogens is 2. The predicted octanol–water partition coefficient (Wildman–Crippen LogP) is -0.507. The lowest BCUT2D eigenvalue weighted by Gasteiger charge is -2.31. The second-order valence-electron chi connectivity index (χ2n) is 8.00. The lowest BCUT2D eigenvalue weighted by molar-refractivity contribution is -1.02. The topological polar surface area (TPSA) is 80.6 Å². The standard InChI is InChI=1S/C24H31N3O4/c1-29-23-7-8-24(30-2)20(15-23)16-26-11-13-27(14-12-26)17-21(28)18-31-22-5-3-19(4-6-22)9-10-25/h3-8,15,21,28H,9,11-14,16-18H2,1-2H3/p+2/t21-/m1/s1. The normalized spacial score (nSPS) is 19.3. The van der Waals surface area contributed by atoms with Crippen molar-refractivity contribution in [1.29, 1.82) is 5.26 Å². The van der Waals surface area contributed by atoms with E-state index in [1.165, 1.54) is 9.80 Å². The van der Waals surface area contributed by atoms with E-state index < -0.39 is 6.10 Å². The SMILES string of the molecule is COc1ccc(OC)c(C[NH+]2CC[NH+](C[C@@H](O)COc3ccc(CC#N)cc3)CC2)c1. The molecule has 0 spiro atoms. The van der Waals surface area contributed by atoms with Gasteiger partial charge < -0.3 is 29.1 Å². The summed E-state index contributed by atoms with van der Waals surface area (Å²) in [4.78, 5) is 2.92. The maximum atomic E-state index is 10.4. The van der Waals surface area contributed by atoms with Gasteiger partial charge in [-0.15, -0.1) is 0 Å². The van der Waals surface area contributed by atoms with E-state index in [4.69, 9.17) is 19.5 Å². The number of hydrogen-bond donors (Lipinski definition) is 3. The van der Waals surface area contributed by atoms with Crippen LogP contribution in [0.25, 0.3) is 0 Å². The molecule has 0 aliphatic carbocycles. The Balaban J connectivity index is 1.41. The van der Waals surface area contributed by atoms with Crippen molar-refractivity contribution in [1.82, 2.24) is 0 Å². The van der Waals surface area contributed by atoms with Gasteiger partial charge in [-0.3, -0.25) is 0 Å². The molecule has 3 N–H and O–H groups in total. The van der Waals surface area contributed by atoms with Gasteiger partial charge in [0.25, 0.3) is 0 Å². The van der Waals surface area contributed by atoms with Crippen molar-refractivity contribution in [2.75, 3.05) is 53.6 Å². The fraction of sp³-hybridized carbons (Fsp3) is 0.458. The van der Waals surface area contributed by atoms with Gasteiger partial charge in [0.2, 0.25) is 0 Å². The van der Waals surface area contributed by atoms with Crippen LogP contribution < -0.4 is 24.0 Å². The van der Waals surface area contributed by atoms with Gasteiger partial charge in [0.15, 0.2) is 0 Å². The molecule has 1 heterocycles. The van der Waals surface area contributed by atoms with E-state index in [-0.39, 0.29) is 6.61 Å². The first kappa shape index (κ1) is 22.9. The zero-order chi connectivity index (χ0) is 22.1. The molecule has 1 aliphatic rings. The molecule has 2 aromatic carbocycles. The zero-order valence-electron chi connectivity index (χ0n) is 18.4. The zero-order valence-corrected chi connectivity index (χ0v) is 18.4. The molecule has 31 heavy (non-hydrogen) atoms. The number of nitrogens with one attached hydrogen (secondary N) is 2. The Morgan fingerprint density at radius 2 is 1.65 bits per heavy atom. The van der Waals surface area contributed by atoms with E-state index in [9.17, 15) is 5.11 Å². The van der Waals surface area contributed by atoms with Crippen LogP contribution in [-0.4, -0.2) is 64.8 Å². The monoisotopic (exact) mass is 427 g/mol. The van der Waals surface area contributed by atoms with Crippen LogP contribution in [0.15, 0.2) is 42.5 Å². The van der Waals surface area contributed by atoms with Gasteiger partial charge >= 0.3 is 0 Å². The molecule has 3 rings (SSSR count). The molecule has 1 aliphatic heterocycles. The first-order valence-electron chi connectivity index (χ1n) is 10.8. The second-order valence-corrected chi connectivity index (χ2v) is 8.00. The quantitative estimate of drug-likeness (QED) is 0.476. The number of nitriles is 1. The van der Waals surface area contributed by atoms with E-state index in [0.29, 0.717) is 13.0 Å². The summed E-state index contributed by atoms with van der Waals surface area (Å²) in [5, 5.41) is 19.1. The van der Waals surface area contributed by atoms with Gasteiger partial charge in [-0.25, -0.2) is 0 Å². The third-order valence-electron chi connectivity index (χ3n) is 5.77. The number of piperazine rings is 1. The van der Waals surface area contributed by atoms with Gasteiger partial charge in [0.05, 0.1) is 32.3 Å². The average Bonchev–Trinajstić information content (AvgIpc) is 2.80. The summed E-state index contributed by atoms with van der Waals surface area (Å²) in [5.74, 6) is 2.47. The Morgan fingerprint density at radius 3 is 2.29 bits per heavy atom.